The van der Waals surface area contributed by atoms with Gasteiger partial charge in [0.2, 0.25) is 0 Å². The van der Waals surface area contributed by atoms with Crippen LogP contribution >= 0.6 is 0 Å². The summed E-state index contributed by atoms with van der Waals surface area (Å²) < 4.78 is 8.09. The lowest BCUT2D eigenvalue weighted by Crippen LogP contribution is -2.46. The zero-order valence-electron chi connectivity index (χ0n) is 13.6. The molecule has 0 bridgehead atoms. The molecule has 6 heteroatoms. The van der Waals surface area contributed by atoms with Crippen LogP contribution in [0.3, 0.4) is 0 Å². The first-order valence-corrected chi connectivity index (χ1v) is 8.53. The molecule has 4 rings (SSSR count). The van der Waals surface area contributed by atoms with Gasteiger partial charge in [0.15, 0.2) is 0 Å². The smallest absolute Gasteiger partial charge is 0.140 e. The van der Waals surface area contributed by atoms with Gasteiger partial charge in [0.1, 0.15) is 11.6 Å². The van der Waals surface area contributed by atoms with Crippen LogP contribution in [-0.2, 0) is 4.74 Å². The number of imidazole rings is 1. The molecular formula is C18H23N3O3. The standard InChI is InChI=1S/C18H23N3O3/c22-7-4-17-11-20-10-14(9-15(20)12-24-17)21-6-5-19-18(21)13-2-1-3-16(23)8-13/h1-3,5-6,8,14-15,17,22-23H,4,7,9-12H2/t14-,15+,17+/m1/s1. The molecule has 2 N–H and O–H groups in total. The summed E-state index contributed by atoms with van der Waals surface area (Å²) in [6.07, 6.45) is 5.72. The molecule has 0 unspecified atom stereocenters. The predicted molar refractivity (Wildman–Crippen MR) is 89.8 cm³/mol. The molecule has 1 aromatic carbocycles. The molecule has 0 spiro atoms. The Kier molecular flexibility index (Phi) is 4.26. The molecule has 3 heterocycles. The van der Waals surface area contributed by atoms with Crippen LogP contribution in [0.15, 0.2) is 36.7 Å². The zero-order valence-corrected chi connectivity index (χ0v) is 13.6. The molecule has 2 fully saturated rings. The number of phenols is 1. The number of aromatic nitrogens is 2. The van der Waals surface area contributed by atoms with E-state index >= 15 is 0 Å². The fourth-order valence-corrected chi connectivity index (χ4v) is 3.91. The summed E-state index contributed by atoms with van der Waals surface area (Å²) in [6.45, 7) is 2.77. The fraction of sp³-hybridized carbons (Fsp3) is 0.500. The van der Waals surface area contributed by atoms with Gasteiger partial charge in [0.25, 0.3) is 0 Å². The van der Waals surface area contributed by atoms with Crippen molar-refractivity contribution in [2.45, 2.75) is 31.0 Å². The van der Waals surface area contributed by atoms with E-state index in [4.69, 9.17) is 9.84 Å². The number of hydrogen-bond acceptors (Lipinski definition) is 5. The maximum atomic E-state index is 9.73. The molecule has 0 aliphatic carbocycles. The molecule has 0 radical (unpaired) electrons. The Morgan fingerprint density at radius 3 is 3.00 bits per heavy atom. The van der Waals surface area contributed by atoms with E-state index in [0.717, 1.165) is 37.5 Å². The van der Waals surface area contributed by atoms with E-state index < -0.39 is 0 Å². The van der Waals surface area contributed by atoms with Gasteiger partial charge in [-0.2, -0.15) is 0 Å². The Balaban J connectivity index is 1.53. The average molecular weight is 329 g/mol. The second-order valence-corrected chi connectivity index (χ2v) is 6.67. The van der Waals surface area contributed by atoms with Crippen molar-refractivity contribution in [3.05, 3.63) is 36.7 Å². The number of aliphatic hydroxyl groups excluding tert-OH is 1. The van der Waals surface area contributed by atoms with E-state index in [-0.39, 0.29) is 18.5 Å². The van der Waals surface area contributed by atoms with E-state index in [1.807, 2.05) is 24.5 Å². The second kappa shape index (κ2) is 6.55. The van der Waals surface area contributed by atoms with Crippen LogP contribution in [0, 0.1) is 0 Å². The Morgan fingerprint density at radius 2 is 2.17 bits per heavy atom. The number of aromatic hydroxyl groups is 1. The normalized spacial score (nSPS) is 27.3. The van der Waals surface area contributed by atoms with Crippen molar-refractivity contribution in [2.75, 3.05) is 26.3 Å². The lowest BCUT2D eigenvalue weighted by Gasteiger charge is -2.34. The maximum Gasteiger partial charge on any atom is 0.140 e. The number of phenolic OH excluding ortho intramolecular Hbond substituents is 1. The van der Waals surface area contributed by atoms with E-state index in [1.165, 1.54) is 0 Å². The Labute approximate surface area is 141 Å². The molecule has 0 saturated carbocycles. The van der Waals surface area contributed by atoms with Gasteiger partial charge in [-0.3, -0.25) is 4.90 Å². The van der Waals surface area contributed by atoms with Gasteiger partial charge in [-0.05, 0) is 25.0 Å². The van der Waals surface area contributed by atoms with Gasteiger partial charge >= 0.3 is 0 Å². The lowest BCUT2D eigenvalue weighted by atomic mass is 10.1. The quantitative estimate of drug-likeness (QED) is 0.892. The summed E-state index contributed by atoms with van der Waals surface area (Å²) in [5.74, 6) is 1.15. The molecule has 0 amide bonds. The van der Waals surface area contributed by atoms with Gasteiger partial charge in [0.05, 0.1) is 12.7 Å². The second-order valence-electron chi connectivity index (χ2n) is 6.67. The largest absolute Gasteiger partial charge is 0.508 e. The topological polar surface area (TPSA) is 70.8 Å². The molecule has 2 aromatic rings. The van der Waals surface area contributed by atoms with E-state index in [2.05, 4.69) is 14.5 Å². The first-order valence-electron chi connectivity index (χ1n) is 8.53. The SMILES string of the molecule is OCC[C@H]1CN2C[C@H](n3ccnc3-c3cccc(O)c3)C[C@H]2CO1. The van der Waals surface area contributed by atoms with Gasteiger partial charge in [-0.15, -0.1) is 0 Å². The van der Waals surface area contributed by atoms with E-state index in [1.54, 1.807) is 12.1 Å². The van der Waals surface area contributed by atoms with Crippen molar-refractivity contribution in [1.82, 2.24) is 14.5 Å². The van der Waals surface area contributed by atoms with Crippen molar-refractivity contribution in [1.29, 1.82) is 0 Å². The zero-order chi connectivity index (χ0) is 16.5. The predicted octanol–water partition coefficient (Wildman–Crippen LogP) is 1.65. The summed E-state index contributed by atoms with van der Waals surface area (Å²) in [4.78, 5) is 6.98. The molecule has 6 nitrogen and oxygen atoms in total. The van der Waals surface area contributed by atoms with Crippen LogP contribution in [0.4, 0.5) is 0 Å². The number of benzene rings is 1. The number of morpholine rings is 1. The van der Waals surface area contributed by atoms with E-state index in [0.29, 0.717) is 18.5 Å². The third-order valence-corrected chi connectivity index (χ3v) is 5.09. The van der Waals surface area contributed by atoms with Crippen molar-refractivity contribution >= 4 is 0 Å². The highest BCUT2D eigenvalue weighted by atomic mass is 16.5. The van der Waals surface area contributed by atoms with Gasteiger partial charge in [-0.1, -0.05) is 12.1 Å². The minimum Gasteiger partial charge on any atom is -0.508 e. The van der Waals surface area contributed by atoms with Crippen molar-refractivity contribution in [3.63, 3.8) is 0 Å². The Morgan fingerprint density at radius 1 is 1.25 bits per heavy atom. The molecular weight excluding hydrogens is 306 g/mol. The summed E-state index contributed by atoms with van der Waals surface area (Å²) >= 11 is 0. The van der Waals surface area contributed by atoms with Crippen molar-refractivity contribution < 1.29 is 14.9 Å². The summed E-state index contributed by atoms with van der Waals surface area (Å²) in [6, 6.07) is 8.03. The number of aliphatic hydroxyl groups is 1. The van der Waals surface area contributed by atoms with Crippen molar-refractivity contribution in [2.24, 2.45) is 0 Å². The van der Waals surface area contributed by atoms with Crippen LogP contribution in [0.25, 0.3) is 11.4 Å². The number of nitrogens with zero attached hydrogens (tertiary/aromatic N) is 3. The molecule has 3 atom stereocenters. The molecule has 24 heavy (non-hydrogen) atoms. The highest BCUT2D eigenvalue weighted by Crippen LogP contribution is 2.34. The van der Waals surface area contributed by atoms with Gasteiger partial charge < -0.3 is 19.5 Å². The number of fused-ring (bicyclic) bond motifs is 1. The third kappa shape index (κ3) is 2.92. The monoisotopic (exact) mass is 329 g/mol. The molecule has 1 aromatic heterocycles. The van der Waals surface area contributed by atoms with Crippen LogP contribution in [-0.4, -0.2) is 63.1 Å². The van der Waals surface area contributed by atoms with E-state index in [9.17, 15) is 5.11 Å². The average Bonchev–Trinajstić information content (AvgIpc) is 3.21. The maximum absolute atomic E-state index is 9.73. The fourth-order valence-electron chi connectivity index (χ4n) is 3.91. The minimum atomic E-state index is 0.137. The van der Waals surface area contributed by atoms with Gasteiger partial charge in [0, 0.05) is 49.7 Å². The number of ether oxygens (including phenoxy) is 1. The van der Waals surface area contributed by atoms with Crippen LogP contribution in [0.1, 0.15) is 18.9 Å². The minimum absolute atomic E-state index is 0.137. The lowest BCUT2D eigenvalue weighted by molar-refractivity contribution is -0.0567. The highest BCUT2D eigenvalue weighted by Gasteiger charge is 2.38. The Hall–Kier alpha value is -1.89. The van der Waals surface area contributed by atoms with Crippen LogP contribution < -0.4 is 0 Å². The first kappa shape index (κ1) is 15.6. The molecule has 2 aliphatic rings. The third-order valence-electron chi connectivity index (χ3n) is 5.09. The number of hydrogen-bond donors (Lipinski definition) is 2. The molecule has 2 aliphatic heterocycles. The number of rotatable bonds is 4. The highest BCUT2D eigenvalue weighted by molar-refractivity contribution is 5.58. The van der Waals surface area contributed by atoms with Crippen LogP contribution in [0.2, 0.25) is 0 Å². The van der Waals surface area contributed by atoms with Crippen molar-refractivity contribution in [3.8, 4) is 17.1 Å². The Bertz CT molecular complexity index is 702. The summed E-state index contributed by atoms with van der Waals surface area (Å²) in [5.41, 5.74) is 0.930. The summed E-state index contributed by atoms with van der Waals surface area (Å²) in [7, 11) is 0. The molecule has 2 saturated heterocycles. The van der Waals surface area contributed by atoms with Crippen LogP contribution in [0.5, 0.6) is 5.75 Å². The van der Waals surface area contributed by atoms with Gasteiger partial charge in [-0.25, -0.2) is 4.98 Å². The summed E-state index contributed by atoms with van der Waals surface area (Å²) in [5, 5.41) is 18.8. The first-order chi connectivity index (χ1) is 11.7. The molecule has 128 valence electrons.